The lowest BCUT2D eigenvalue weighted by molar-refractivity contribution is -0.141. The first-order chi connectivity index (χ1) is 12.6. The van der Waals surface area contributed by atoms with Crippen LogP contribution in [0, 0.1) is 29.6 Å². The van der Waals surface area contributed by atoms with E-state index in [1.807, 2.05) is 6.20 Å². The van der Waals surface area contributed by atoms with Crippen molar-refractivity contribution < 1.29 is 14.4 Å². The molecule has 7 heteroatoms. The van der Waals surface area contributed by atoms with Gasteiger partial charge in [0, 0.05) is 43.9 Å². The number of fused-ring (bicyclic) bond motifs is 6. The number of nitrogens with one attached hydrogen (secondary N) is 1. The molecule has 5 rings (SSSR count). The van der Waals surface area contributed by atoms with Crippen LogP contribution in [0.3, 0.4) is 0 Å². The molecule has 3 heterocycles. The van der Waals surface area contributed by atoms with Crippen molar-refractivity contribution in [3.8, 4) is 0 Å². The first-order valence-corrected chi connectivity index (χ1v) is 9.44. The number of likely N-dealkylation sites (tertiary alicyclic amines) is 1. The Morgan fingerprint density at radius 2 is 1.92 bits per heavy atom. The second-order valence-electron chi connectivity index (χ2n) is 7.89. The summed E-state index contributed by atoms with van der Waals surface area (Å²) in [6.45, 7) is 1.41. The number of rotatable bonds is 4. The molecule has 1 aromatic rings. The van der Waals surface area contributed by atoms with Crippen LogP contribution in [0.4, 0.5) is 0 Å². The van der Waals surface area contributed by atoms with E-state index < -0.39 is 0 Å². The molecule has 2 aliphatic carbocycles. The molecule has 1 saturated heterocycles. The maximum Gasteiger partial charge on any atom is 0.233 e. The van der Waals surface area contributed by atoms with Gasteiger partial charge in [0.1, 0.15) is 0 Å². The van der Waals surface area contributed by atoms with E-state index in [9.17, 15) is 14.4 Å². The third kappa shape index (κ3) is 2.26. The third-order valence-electron chi connectivity index (χ3n) is 6.54. The fourth-order valence-electron chi connectivity index (χ4n) is 5.21. The number of carbonyl (C=O) groups excluding carboxylic acids is 3. The van der Waals surface area contributed by atoms with Gasteiger partial charge in [-0.3, -0.25) is 19.3 Å². The predicted octanol–water partition coefficient (Wildman–Crippen LogP) is 0.369. The lowest BCUT2D eigenvalue weighted by Crippen LogP contribution is -2.42. The lowest BCUT2D eigenvalue weighted by atomic mass is 9.85. The topological polar surface area (TPSA) is 84.3 Å². The first kappa shape index (κ1) is 15.8. The first-order valence-electron chi connectivity index (χ1n) is 9.44. The van der Waals surface area contributed by atoms with Gasteiger partial charge in [-0.1, -0.05) is 12.2 Å². The molecule has 4 aliphatic rings. The number of hydrogen-bond donors (Lipinski definition) is 1. The van der Waals surface area contributed by atoms with Crippen molar-refractivity contribution in [2.45, 2.75) is 25.8 Å². The van der Waals surface area contributed by atoms with Gasteiger partial charge in [-0.2, -0.15) is 0 Å². The average molecular weight is 354 g/mol. The average Bonchev–Trinajstić information content (AvgIpc) is 3.40. The zero-order chi connectivity index (χ0) is 17.8. The molecular weight excluding hydrogens is 332 g/mol. The van der Waals surface area contributed by atoms with Crippen LogP contribution in [-0.2, 0) is 27.3 Å². The van der Waals surface area contributed by atoms with Gasteiger partial charge in [0.05, 0.1) is 18.2 Å². The van der Waals surface area contributed by atoms with Crippen LogP contribution in [0.1, 0.15) is 18.5 Å². The molecule has 7 nitrogen and oxygen atoms in total. The Morgan fingerprint density at radius 1 is 1.19 bits per heavy atom. The molecule has 5 atom stereocenters. The van der Waals surface area contributed by atoms with Crippen molar-refractivity contribution in [2.24, 2.45) is 29.6 Å². The molecule has 0 radical (unpaired) electrons. The summed E-state index contributed by atoms with van der Waals surface area (Å²) in [5, 5.41) is 2.92. The van der Waals surface area contributed by atoms with E-state index >= 15 is 0 Å². The largest absolute Gasteiger partial charge is 0.354 e. The molecule has 0 spiro atoms. The highest BCUT2D eigenvalue weighted by Crippen LogP contribution is 2.52. The van der Waals surface area contributed by atoms with E-state index in [0.717, 1.165) is 25.1 Å². The Balaban J connectivity index is 1.16. The van der Waals surface area contributed by atoms with Crippen molar-refractivity contribution in [3.63, 3.8) is 0 Å². The van der Waals surface area contributed by atoms with Gasteiger partial charge in [0.15, 0.2) is 0 Å². The summed E-state index contributed by atoms with van der Waals surface area (Å²) in [6.07, 6.45) is 10.2. The molecule has 26 heavy (non-hydrogen) atoms. The van der Waals surface area contributed by atoms with Crippen molar-refractivity contribution in [1.29, 1.82) is 0 Å². The highest BCUT2D eigenvalue weighted by Gasteiger charge is 2.58. The van der Waals surface area contributed by atoms with E-state index in [-0.39, 0.29) is 53.9 Å². The van der Waals surface area contributed by atoms with Crippen molar-refractivity contribution >= 4 is 17.7 Å². The molecule has 0 aromatic carbocycles. The normalized spacial score (nSPS) is 34.3. The van der Waals surface area contributed by atoms with E-state index in [1.54, 1.807) is 6.33 Å². The third-order valence-corrected chi connectivity index (χ3v) is 6.54. The van der Waals surface area contributed by atoms with Crippen LogP contribution in [0.2, 0.25) is 0 Å². The Labute approximate surface area is 151 Å². The van der Waals surface area contributed by atoms with E-state index in [4.69, 9.17) is 0 Å². The smallest absolute Gasteiger partial charge is 0.233 e. The fourth-order valence-corrected chi connectivity index (χ4v) is 5.21. The van der Waals surface area contributed by atoms with Crippen LogP contribution in [0.25, 0.3) is 0 Å². The zero-order valence-corrected chi connectivity index (χ0v) is 14.5. The zero-order valence-electron chi connectivity index (χ0n) is 14.5. The summed E-state index contributed by atoms with van der Waals surface area (Å²) >= 11 is 0. The number of allylic oxidation sites excluding steroid dienone is 2. The number of amides is 3. The maximum atomic E-state index is 12.6. The van der Waals surface area contributed by atoms with Crippen molar-refractivity contribution in [2.75, 3.05) is 13.1 Å². The molecular formula is C19H22N4O3. The minimum absolute atomic E-state index is 0.00141. The second kappa shape index (κ2) is 5.79. The number of imidazole rings is 1. The Hall–Kier alpha value is -2.44. The second-order valence-corrected chi connectivity index (χ2v) is 7.89. The van der Waals surface area contributed by atoms with E-state index in [2.05, 4.69) is 27.0 Å². The molecule has 2 fully saturated rings. The molecule has 1 saturated carbocycles. The summed E-state index contributed by atoms with van der Waals surface area (Å²) in [7, 11) is 0. The van der Waals surface area contributed by atoms with Crippen molar-refractivity contribution in [3.05, 3.63) is 30.4 Å². The van der Waals surface area contributed by atoms with Crippen molar-refractivity contribution in [1.82, 2.24) is 19.8 Å². The Kier molecular flexibility index (Phi) is 3.52. The molecule has 1 N–H and O–H groups in total. The lowest BCUT2D eigenvalue weighted by Gasteiger charge is -2.23. The molecule has 5 unspecified atom stereocenters. The van der Waals surface area contributed by atoms with Crippen LogP contribution in [-0.4, -0.2) is 45.3 Å². The SMILES string of the molecule is O=C(NCCN1C(=O)C2C3C=CC(C3)C2C1=O)C1CCn2cncc2C1. The number of imide groups is 1. The van der Waals surface area contributed by atoms with Gasteiger partial charge in [-0.25, -0.2) is 4.98 Å². The number of hydrogen-bond acceptors (Lipinski definition) is 4. The minimum Gasteiger partial charge on any atom is -0.354 e. The minimum atomic E-state index is -0.160. The summed E-state index contributed by atoms with van der Waals surface area (Å²) in [5.74, 6) is -0.0256. The fraction of sp³-hybridized carbons (Fsp3) is 0.579. The van der Waals surface area contributed by atoms with Gasteiger partial charge < -0.3 is 9.88 Å². The highest BCUT2D eigenvalue weighted by atomic mass is 16.2. The molecule has 2 aliphatic heterocycles. The van der Waals surface area contributed by atoms with Gasteiger partial charge in [0.2, 0.25) is 17.7 Å². The van der Waals surface area contributed by atoms with Crippen LogP contribution < -0.4 is 5.32 Å². The molecule has 1 aromatic heterocycles. The molecule has 3 amide bonds. The quantitative estimate of drug-likeness (QED) is 0.625. The summed E-state index contributed by atoms with van der Waals surface area (Å²) < 4.78 is 2.08. The number of nitrogens with zero attached hydrogens (tertiary/aromatic N) is 3. The van der Waals surface area contributed by atoms with E-state index in [0.29, 0.717) is 13.0 Å². The van der Waals surface area contributed by atoms with Crippen LogP contribution in [0.15, 0.2) is 24.7 Å². The van der Waals surface area contributed by atoms with Gasteiger partial charge in [-0.15, -0.1) is 0 Å². The Morgan fingerprint density at radius 3 is 2.65 bits per heavy atom. The van der Waals surface area contributed by atoms with Crippen LogP contribution in [0.5, 0.6) is 0 Å². The van der Waals surface area contributed by atoms with Crippen LogP contribution >= 0.6 is 0 Å². The summed E-state index contributed by atoms with van der Waals surface area (Å²) in [6, 6.07) is 0. The monoisotopic (exact) mass is 354 g/mol. The van der Waals surface area contributed by atoms with E-state index in [1.165, 1.54) is 4.90 Å². The number of aryl methyl sites for hydroxylation is 1. The number of aromatic nitrogens is 2. The Bertz CT molecular complexity index is 783. The summed E-state index contributed by atoms with van der Waals surface area (Å²) in [4.78, 5) is 43.2. The molecule has 136 valence electrons. The van der Waals surface area contributed by atoms with Gasteiger partial charge in [0.25, 0.3) is 0 Å². The molecule has 2 bridgehead atoms. The number of carbonyl (C=O) groups is 3. The standard InChI is InChI=1S/C19H22N4O3/c24-17(13-3-5-22-10-20-9-14(22)8-13)21-4-6-23-18(25)15-11-1-2-12(7-11)16(15)19(23)26/h1-2,9-13,15-16H,3-8H2,(H,21,24). The van der Waals surface area contributed by atoms with Gasteiger partial charge >= 0.3 is 0 Å². The van der Waals surface area contributed by atoms with Gasteiger partial charge in [-0.05, 0) is 24.7 Å². The summed E-state index contributed by atoms with van der Waals surface area (Å²) in [5.41, 5.74) is 1.08. The predicted molar refractivity (Wildman–Crippen MR) is 91.5 cm³/mol. The highest BCUT2D eigenvalue weighted by molar-refractivity contribution is 6.06. The maximum absolute atomic E-state index is 12.6.